The van der Waals surface area contributed by atoms with Crippen LogP contribution >= 0.6 is 11.6 Å². The van der Waals surface area contributed by atoms with Crippen LogP contribution in [0, 0.1) is 0 Å². The summed E-state index contributed by atoms with van der Waals surface area (Å²) in [5.74, 6) is 0.237. The number of carbonyl (C=O) groups is 1. The number of carbonyl (C=O) groups excluding carboxylic acids is 1. The maximum atomic E-state index is 12.7. The lowest BCUT2D eigenvalue weighted by Crippen LogP contribution is -2.49. The molecule has 0 spiro atoms. The molecule has 1 atom stereocenters. The van der Waals surface area contributed by atoms with E-state index in [0.29, 0.717) is 37.9 Å². The van der Waals surface area contributed by atoms with Crippen LogP contribution in [0.1, 0.15) is 18.4 Å². The Kier molecular flexibility index (Phi) is 4.73. The zero-order valence-electron chi connectivity index (χ0n) is 12.0. The van der Waals surface area contributed by atoms with Crippen molar-refractivity contribution in [2.75, 3.05) is 32.8 Å². The molecule has 2 fully saturated rings. The average molecular weight is 310 g/mol. The third-order valence-corrected chi connectivity index (χ3v) is 4.54. The Bertz CT molecular complexity index is 505. The first kappa shape index (κ1) is 14.8. The van der Waals surface area contributed by atoms with Gasteiger partial charge in [-0.25, -0.2) is 0 Å². The second kappa shape index (κ2) is 6.73. The highest BCUT2D eigenvalue weighted by Gasteiger charge is 2.34. The number of nitrogens with zero attached hydrogens (tertiary/aromatic N) is 3. The van der Waals surface area contributed by atoms with Gasteiger partial charge in [0.05, 0.1) is 24.3 Å². The third kappa shape index (κ3) is 3.36. The summed E-state index contributed by atoms with van der Waals surface area (Å²) in [6.07, 6.45) is 5.39. The molecule has 5 nitrogen and oxygen atoms in total. The Balaban J connectivity index is 1.67. The van der Waals surface area contributed by atoms with E-state index in [0.717, 1.165) is 24.9 Å². The highest BCUT2D eigenvalue weighted by atomic mass is 35.5. The average Bonchev–Trinajstić information content (AvgIpc) is 2.98. The van der Waals surface area contributed by atoms with Gasteiger partial charge in [-0.15, -0.1) is 0 Å². The van der Waals surface area contributed by atoms with E-state index in [-0.39, 0.29) is 11.9 Å². The Morgan fingerprint density at radius 3 is 2.95 bits per heavy atom. The molecule has 2 aliphatic heterocycles. The highest BCUT2D eigenvalue weighted by molar-refractivity contribution is 6.31. The summed E-state index contributed by atoms with van der Waals surface area (Å²) in [6, 6.07) is 1.91. The van der Waals surface area contributed by atoms with Crippen molar-refractivity contribution in [2.24, 2.45) is 0 Å². The number of pyridine rings is 1. The van der Waals surface area contributed by atoms with Crippen LogP contribution < -0.4 is 0 Å². The van der Waals surface area contributed by atoms with Gasteiger partial charge < -0.3 is 9.64 Å². The molecule has 114 valence electrons. The lowest BCUT2D eigenvalue weighted by Gasteiger charge is -2.32. The highest BCUT2D eigenvalue weighted by Crippen LogP contribution is 2.24. The van der Waals surface area contributed by atoms with Crippen LogP contribution in [0.15, 0.2) is 18.5 Å². The first-order valence-corrected chi connectivity index (χ1v) is 7.82. The molecule has 0 radical (unpaired) electrons. The molecule has 6 heteroatoms. The first-order chi connectivity index (χ1) is 10.3. The molecule has 21 heavy (non-hydrogen) atoms. The molecule has 2 saturated heterocycles. The second-order valence-corrected chi connectivity index (χ2v) is 5.94. The molecule has 2 aliphatic rings. The molecule has 0 unspecified atom stereocenters. The van der Waals surface area contributed by atoms with Crippen molar-refractivity contribution in [3.63, 3.8) is 0 Å². The number of halogens is 1. The van der Waals surface area contributed by atoms with Crippen molar-refractivity contribution >= 4 is 17.5 Å². The molecule has 0 aliphatic carbocycles. The Morgan fingerprint density at radius 2 is 2.19 bits per heavy atom. The number of rotatable bonds is 3. The van der Waals surface area contributed by atoms with E-state index in [1.54, 1.807) is 12.4 Å². The van der Waals surface area contributed by atoms with Crippen LogP contribution in [0.2, 0.25) is 5.02 Å². The number of ether oxygens (including phenoxy) is 1. The van der Waals surface area contributed by atoms with E-state index in [2.05, 4.69) is 9.88 Å². The van der Waals surface area contributed by atoms with Gasteiger partial charge in [0.25, 0.3) is 0 Å². The molecular weight excluding hydrogens is 290 g/mol. The van der Waals surface area contributed by atoms with E-state index in [1.807, 2.05) is 11.0 Å². The van der Waals surface area contributed by atoms with Crippen molar-refractivity contribution in [2.45, 2.75) is 25.4 Å². The molecule has 3 rings (SSSR count). The van der Waals surface area contributed by atoms with Crippen LogP contribution in [0.25, 0.3) is 0 Å². The van der Waals surface area contributed by atoms with Gasteiger partial charge in [0.1, 0.15) is 0 Å². The summed E-state index contributed by atoms with van der Waals surface area (Å²) in [5.41, 5.74) is 1.04. The summed E-state index contributed by atoms with van der Waals surface area (Å²) >= 11 is 6.18. The zero-order valence-corrected chi connectivity index (χ0v) is 12.8. The number of amides is 1. The first-order valence-electron chi connectivity index (χ1n) is 7.44. The van der Waals surface area contributed by atoms with Gasteiger partial charge in [-0.05, 0) is 31.0 Å². The van der Waals surface area contributed by atoms with Crippen molar-refractivity contribution in [3.05, 3.63) is 29.0 Å². The molecular formula is C15H20ClN3O2. The molecule has 0 saturated carbocycles. The number of morpholine rings is 1. The topological polar surface area (TPSA) is 45.7 Å². The van der Waals surface area contributed by atoms with Crippen LogP contribution in [-0.4, -0.2) is 59.6 Å². The van der Waals surface area contributed by atoms with E-state index in [9.17, 15) is 4.79 Å². The van der Waals surface area contributed by atoms with E-state index >= 15 is 0 Å². The molecule has 3 heterocycles. The smallest absolute Gasteiger partial charge is 0.240 e. The summed E-state index contributed by atoms with van der Waals surface area (Å²) in [6.45, 7) is 4.36. The van der Waals surface area contributed by atoms with E-state index < -0.39 is 0 Å². The molecule has 1 aromatic heterocycles. The molecule has 0 bridgehead atoms. The normalized spacial score (nSPS) is 23.5. The van der Waals surface area contributed by atoms with Gasteiger partial charge in [0.15, 0.2) is 0 Å². The van der Waals surface area contributed by atoms with Gasteiger partial charge in [-0.1, -0.05) is 11.6 Å². The van der Waals surface area contributed by atoms with Crippen LogP contribution in [0.4, 0.5) is 0 Å². The lowest BCUT2D eigenvalue weighted by atomic mass is 10.1. The van der Waals surface area contributed by atoms with E-state index in [1.165, 1.54) is 0 Å². The number of hydrogen-bond donors (Lipinski definition) is 0. The Morgan fingerprint density at radius 1 is 1.38 bits per heavy atom. The largest absolute Gasteiger partial charge is 0.378 e. The van der Waals surface area contributed by atoms with Crippen molar-refractivity contribution in [1.82, 2.24) is 14.8 Å². The molecule has 1 amide bonds. The summed E-state index contributed by atoms with van der Waals surface area (Å²) in [4.78, 5) is 20.8. The van der Waals surface area contributed by atoms with Crippen molar-refractivity contribution in [3.8, 4) is 0 Å². The van der Waals surface area contributed by atoms with Gasteiger partial charge in [-0.3, -0.25) is 14.7 Å². The Labute approximate surface area is 129 Å². The third-order valence-electron chi connectivity index (χ3n) is 4.20. The van der Waals surface area contributed by atoms with Gasteiger partial charge >= 0.3 is 0 Å². The van der Waals surface area contributed by atoms with Gasteiger partial charge in [0, 0.05) is 32.0 Å². The second-order valence-electron chi connectivity index (χ2n) is 5.53. The van der Waals surface area contributed by atoms with Crippen LogP contribution in [0.3, 0.4) is 0 Å². The van der Waals surface area contributed by atoms with Crippen molar-refractivity contribution < 1.29 is 9.53 Å². The number of aromatic nitrogens is 1. The Hall–Kier alpha value is -1.17. The molecule has 0 aromatic carbocycles. The standard InChI is InChI=1S/C15H20ClN3O2/c16-13-10-17-4-3-12(13)11-19-5-1-2-14(19)15(20)18-6-8-21-9-7-18/h3-4,10,14H,1-2,5-9,11H2/t14-/m1/s1. The quantitative estimate of drug-likeness (QED) is 0.850. The number of likely N-dealkylation sites (tertiary alicyclic amines) is 1. The van der Waals surface area contributed by atoms with Gasteiger partial charge in [0.2, 0.25) is 5.91 Å². The van der Waals surface area contributed by atoms with Gasteiger partial charge in [-0.2, -0.15) is 0 Å². The van der Waals surface area contributed by atoms with E-state index in [4.69, 9.17) is 16.3 Å². The maximum Gasteiger partial charge on any atom is 0.240 e. The van der Waals surface area contributed by atoms with Crippen molar-refractivity contribution in [1.29, 1.82) is 0 Å². The minimum Gasteiger partial charge on any atom is -0.378 e. The molecule has 1 aromatic rings. The summed E-state index contributed by atoms with van der Waals surface area (Å²) in [7, 11) is 0. The minimum absolute atomic E-state index is 0.0210. The van der Waals surface area contributed by atoms with Crippen LogP contribution in [0.5, 0.6) is 0 Å². The fourth-order valence-electron chi connectivity index (χ4n) is 3.04. The molecule has 0 N–H and O–H groups in total. The predicted octanol–water partition coefficient (Wildman–Crippen LogP) is 1.56. The monoisotopic (exact) mass is 309 g/mol. The summed E-state index contributed by atoms with van der Waals surface area (Å²) < 4.78 is 5.32. The zero-order chi connectivity index (χ0) is 14.7. The summed E-state index contributed by atoms with van der Waals surface area (Å²) in [5, 5.41) is 0.668. The minimum atomic E-state index is -0.0210. The maximum absolute atomic E-state index is 12.7. The number of hydrogen-bond acceptors (Lipinski definition) is 4. The SMILES string of the molecule is O=C([C@H]1CCCN1Cc1ccncc1Cl)N1CCOCC1. The predicted molar refractivity (Wildman–Crippen MR) is 80.1 cm³/mol. The fraction of sp³-hybridized carbons (Fsp3) is 0.600. The van der Waals surface area contributed by atoms with Crippen LogP contribution in [-0.2, 0) is 16.1 Å². The fourth-order valence-corrected chi connectivity index (χ4v) is 3.22. The lowest BCUT2D eigenvalue weighted by molar-refractivity contribution is -0.140.